The van der Waals surface area contributed by atoms with E-state index < -0.39 is 0 Å². The van der Waals surface area contributed by atoms with Crippen LogP contribution in [-0.4, -0.2) is 6.54 Å². The molecule has 0 aromatic heterocycles. The molecule has 2 aromatic rings. The molecule has 4 heteroatoms. The van der Waals surface area contributed by atoms with Gasteiger partial charge in [-0.1, -0.05) is 18.2 Å². The number of nitrogen functional groups attached to an aromatic ring is 1. The molecule has 2 rings (SSSR count). The summed E-state index contributed by atoms with van der Waals surface area (Å²) in [6, 6.07) is 15.8. The summed E-state index contributed by atoms with van der Waals surface area (Å²) in [5.41, 5.74) is 9.62. The summed E-state index contributed by atoms with van der Waals surface area (Å²) in [5.74, 6) is 0. The molecule has 0 saturated heterocycles. The van der Waals surface area contributed by atoms with Crippen LogP contribution in [-0.2, 0) is 6.54 Å². The van der Waals surface area contributed by atoms with E-state index in [1.165, 1.54) is 0 Å². The lowest BCUT2D eigenvalue weighted by Gasteiger charge is -2.24. The first-order valence-electron chi connectivity index (χ1n) is 6.43. The summed E-state index contributed by atoms with van der Waals surface area (Å²) in [6.07, 6.45) is 0. The molecule has 102 valence electrons. The summed E-state index contributed by atoms with van der Waals surface area (Å²) in [4.78, 5) is 2.22. The van der Waals surface area contributed by atoms with Crippen LogP contribution in [0.15, 0.2) is 46.9 Å². The number of nitriles is 1. The Hall–Kier alpha value is -1.99. The molecule has 0 aliphatic carbocycles. The van der Waals surface area contributed by atoms with Gasteiger partial charge in [0.25, 0.3) is 0 Å². The summed E-state index contributed by atoms with van der Waals surface area (Å²) < 4.78 is 0.817. The minimum atomic E-state index is 0.643. The van der Waals surface area contributed by atoms with Crippen molar-refractivity contribution >= 4 is 27.3 Å². The summed E-state index contributed by atoms with van der Waals surface area (Å²) >= 11 is 3.43. The summed E-state index contributed by atoms with van der Waals surface area (Å²) in [7, 11) is 0. The van der Waals surface area contributed by atoms with Crippen LogP contribution in [0.25, 0.3) is 0 Å². The van der Waals surface area contributed by atoms with E-state index in [2.05, 4.69) is 33.8 Å². The SMILES string of the molecule is CCN(Cc1ccccc1N)c1ccc(C#N)c(Br)c1. The van der Waals surface area contributed by atoms with Gasteiger partial charge < -0.3 is 10.6 Å². The standard InChI is InChI=1S/C16H16BrN3/c1-2-20(11-13-5-3-4-6-16(13)19)14-8-7-12(10-18)15(17)9-14/h3-9H,2,11,19H2,1H3. The normalized spacial score (nSPS) is 10.1. The van der Waals surface area contributed by atoms with Crippen LogP contribution in [0.4, 0.5) is 11.4 Å². The molecular formula is C16H16BrN3. The Bertz CT molecular complexity index is 646. The third-order valence-electron chi connectivity index (χ3n) is 3.24. The Labute approximate surface area is 127 Å². The molecule has 0 unspecified atom stereocenters. The van der Waals surface area contributed by atoms with E-state index in [0.717, 1.165) is 34.5 Å². The lowest BCUT2D eigenvalue weighted by atomic mass is 10.1. The van der Waals surface area contributed by atoms with Crippen LogP contribution in [0.5, 0.6) is 0 Å². The monoisotopic (exact) mass is 329 g/mol. The van der Waals surface area contributed by atoms with Gasteiger partial charge in [-0.15, -0.1) is 0 Å². The van der Waals surface area contributed by atoms with E-state index in [1.807, 2.05) is 42.5 Å². The maximum absolute atomic E-state index is 8.97. The van der Waals surface area contributed by atoms with Gasteiger partial charge >= 0.3 is 0 Å². The first kappa shape index (κ1) is 14.4. The molecule has 0 amide bonds. The van der Waals surface area contributed by atoms with Crippen molar-refractivity contribution in [3.8, 4) is 6.07 Å². The molecule has 2 aromatic carbocycles. The molecule has 0 saturated carbocycles. The minimum absolute atomic E-state index is 0.643. The van der Waals surface area contributed by atoms with E-state index >= 15 is 0 Å². The van der Waals surface area contributed by atoms with Gasteiger partial charge in [-0.25, -0.2) is 0 Å². The molecule has 0 bridgehead atoms. The molecule has 0 atom stereocenters. The lowest BCUT2D eigenvalue weighted by molar-refractivity contribution is 0.833. The van der Waals surface area contributed by atoms with Gasteiger partial charge in [-0.3, -0.25) is 0 Å². The van der Waals surface area contributed by atoms with Gasteiger partial charge in [0.05, 0.1) is 5.56 Å². The second kappa shape index (κ2) is 6.44. The molecule has 0 spiro atoms. The van der Waals surface area contributed by atoms with Gasteiger partial charge in [0.15, 0.2) is 0 Å². The molecular weight excluding hydrogens is 314 g/mol. The van der Waals surface area contributed by atoms with Gasteiger partial charge in [0, 0.05) is 28.9 Å². The fourth-order valence-electron chi connectivity index (χ4n) is 2.06. The van der Waals surface area contributed by atoms with Crippen LogP contribution in [0.3, 0.4) is 0 Å². The quantitative estimate of drug-likeness (QED) is 0.864. The second-order valence-electron chi connectivity index (χ2n) is 4.49. The second-order valence-corrected chi connectivity index (χ2v) is 5.34. The number of nitrogens with zero attached hydrogens (tertiary/aromatic N) is 2. The fraction of sp³-hybridized carbons (Fsp3) is 0.188. The zero-order valence-electron chi connectivity index (χ0n) is 11.3. The first-order chi connectivity index (χ1) is 9.65. The minimum Gasteiger partial charge on any atom is -0.398 e. The maximum Gasteiger partial charge on any atom is 0.100 e. The summed E-state index contributed by atoms with van der Waals surface area (Å²) in [5, 5.41) is 8.97. The molecule has 20 heavy (non-hydrogen) atoms. The third kappa shape index (κ3) is 3.12. The Balaban J connectivity index is 2.27. The van der Waals surface area contributed by atoms with E-state index in [0.29, 0.717) is 5.56 Å². The molecule has 0 aliphatic heterocycles. The van der Waals surface area contributed by atoms with E-state index in [4.69, 9.17) is 11.0 Å². The average molecular weight is 330 g/mol. The molecule has 0 heterocycles. The Morgan fingerprint density at radius 3 is 2.60 bits per heavy atom. The van der Waals surface area contributed by atoms with Crippen LogP contribution in [0.2, 0.25) is 0 Å². The van der Waals surface area contributed by atoms with Crippen molar-refractivity contribution < 1.29 is 0 Å². The number of para-hydroxylation sites is 1. The van der Waals surface area contributed by atoms with Crippen LogP contribution >= 0.6 is 15.9 Å². The number of hydrogen-bond acceptors (Lipinski definition) is 3. The third-order valence-corrected chi connectivity index (χ3v) is 3.89. The highest BCUT2D eigenvalue weighted by Gasteiger charge is 2.09. The number of anilines is 2. The smallest absolute Gasteiger partial charge is 0.100 e. The molecule has 3 nitrogen and oxygen atoms in total. The van der Waals surface area contributed by atoms with Crippen molar-refractivity contribution in [2.45, 2.75) is 13.5 Å². The van der Waals surface area contributed by atoms with Crippen LogP contribution < -0.4 is 10.6 Å². The first-order valence-corrected chi connectivity index (χ1v) is 7.23. The largest absolute Gasteiger partial charge is 0.398 e. The van der Waals surface area contributed by atoms with Gasteiger partial charge in [-0.2, -0.15) is 5.26 Å². The van der Waals surface area contributed by atoms with Crippen LogP contribution in [0, 0.1) is 11.3 Å². The van der Waals surface area contributed by atoms with Crippen LogP contribution in [0.1, 0.15) is 18.1 Å². The zero-order chi connectivity index (χ0) is 14.5. The highest BCUT2D eigenvalue weighted by Crippen LogP contribution is 2.25. The Morgan fingerprint density at radius 1 is 1.25 bits per heavy atom. The van der Waals surface area contributed by atoms with Gasteiger partial charge in [0.1, 0.15) is 6.07 Å². The van der Waals surface area contributed by atoms with Crippen molar-refractivity contribution in [3.63, 3.8) is 0 Å². The zero-order valence-corrected chi connectivity index (χ0v) is 12.9. The highest BCUT2D eigenvalue weighted by atomic mass is 79.9. The van der Waals surface area contributed by atoms with Gasteiger partial charge in [0.2, 0.25) is 0 Å². The topological polar surface area (TPSA) is 53.0 Å². The lowest BCUT2D eigenvalue weighted by Crippen LogP contribution is -2.22. The Kier molecular flexibility index (Phi) is 4.65. The predicted octanol–water partition coefficient (Wildman–Crippen LogP) is 3.93. The highest BCUT2D eigenvalue weighted by molar-refractivity contribution is 9.10. The van der Waals surface area contributed by atoms with Crippen molar-refractivity contribution in [2.75, 3.05) is 17.2 Å². The average Bonchev–Trinajstić information content (AvgIpc) is 2.46. The molecule has 2 N–H and O–H groups in total. The molecule has 0 radical (unpaired) electrons. The van der Waals surface area contributed by atoms with Crippen molar-refractivity contribution in [2.24, 2.45) is 0 Å². The number of nitrogens with two attached hydrogens (primary N) is 1. The molecule has 0 aliphatic rings. The summed E-state index contributed by atoms with van der Waals surface area (Å²) in [6.45, 7) is 3.72. The molecule has 0 fully saturated rings. The fourth-order valence-corrected chi connectivity index (χ4v) is 2.52. The number of benzene rings is 2. The predicted molar refractivity (Wildman–Crippen MR) is 86.4 cm³/mol. The van der Waals surface area contributed by atoms with E-state index in [1.54, 1.807) is 0 Å². The maximum atomic E-state index is 8.97. The van der Waals surface area contributed by atoms with E-state index in [-0.39, 0.29) is 0 Å². The number of hydrogen-bond donors (Lipinski definition) is 1. The van der Waals surface area contributed by atoms with Gasteiger partial charge in [-0.05, 0) is 52.7 Å². The van der Waals surface area contributed by atoms with Crippen molar-refractivity contribution in [1.29, 1.82) is 5.26 Å². The van der Waals surface area contributed by atoms with E-state index in [9.17, 15) is 0 Å². The number of rotatable bonds is 4. The van der Waals surface area contributed by atoms with Crippen molar-refractivity contribution in [1.82, 2.24) is 0 Å². The Morgan fingerprint density at radius 2 is 2.00 bits per heavy atom. The van der Waals surface area contributed by atoms with Crippen molar-refractivity contribution in [3.05, 3.63) is 58.1 Å². The number of halogens is 1.